The van der Waals surface area contributed by atoms with Crippen molar-refractivity contribution in [3.63, 3.8) is 0 Å². The molecule has 0 N–H and O–H groups in total. The molecule has 1 rings (SSSR count). The van der Waals surface area contributed by atoms with E-state index in [0.29, 0.717) is 5.41 Å². The van der Waals surface area contributed by atoms with Crippen molar-refractivity contribution < 1.29 is 0 Å². The van der Waals surface area contributed by atoms with Gasteiger partial charge in [-0.25, -0.2) is 0 Å². The van der Waals surface area contributed by atoms with Crippen LogP contribution in [0, 0.1) is 5.41 Å². The summed E-state index contributed by atoms with van der Waals surface area (Å²) in [5.74, 6) is 0. The monoisotopic (exact) mass is 153 g/mol. The Labute approximate surface area is 70.1 Å². The van der Waals surface area contributed by atoms with Crippen molar-refractivity contribution in [2.75, 3.05) is 7.05 Å². The average Bonchev–Trinajstić information content (AvgIpc) is 1.93. The average molecular weight is 153 g/mol. The molecule has 11 heavy (non-hydrogen) atoms. The minimum Gasteiger partial charge on any atom is -0.372 e. The molecule has 64 valence electrons. The molecule has 0 aromatic carbocycles. The lowest BCUT2D eigenvalue weighted by Gasteiger charge is -2.41. The number of nitrogens with zero attached hydrogens (tertiary/aromatic N) is 1. The van der Waals surface area contributed by atoms with Gasteiger partial charge in [0.1, 0.15) is 0 Å². The molecule has 0 aliphatic carbocycles. The second-order valence-electron chi connectivity index (χ2n) is 4.63. The molecule has 0 fully saturated rings. The van der Waals surface area contributed by atoms with Gasteiger partial charge >= 0.3 is 0 Å². The molecular weight excluding hydrogens is 134 g/mol. The Bertz CT molecular complexity index is 199. The molecule has 1 heterocycles. The van der Waals surface area contributed by atoms with E-state index in [-0.39, 0.29) is 5.54 Å². The van der Waals surface area contributed by atoms with Gasteiger partial charge in [0.2, 0.25) is 0 Å². The van der Waals surface area contributed by atoms with E-state index in [0.717, 1.165) is 0 Å². The lowest BCUT2D eigenvalue weighted by Crippen LogP contribution is -2.45. The summed E-state index contributed by atoms with van der Waals surface area (Å²) in [7, 11) is 2.17. The Kier molecular flexibility index (Phi) is 1.59. The smallest absolute Gasteiger partial charge is 0.0425 e. The van der Waals surface area contributed by atoms with E-state index in [1.54, 1.807) is 0 Å². The summed E-state index contributed by atoms with van der Waals surface area (Å²) in [6.45, 7) is 11.3. The fourth-order valence-corrected chi connectivity index (χ4v) is 1.67. The summed E-state index contributed by atoms with van der Waals surface area (Å²) in [6.07, 6.45) is 2.35. The van der Waals surface area contributed by atoms with Crippen LogP contribution in [0.15, 0.2) is 11.8 Å². The molecule has 0 spiro atoms. The SMILES string of the molecule is CC1=CC(C)(C)C(C)(C)N1C. The quantitative estimate of drug-likeness (QED) is 0.517. The molecule has 0 unspecified atom stereocenters. The van der Waals surface area contributed by atoms with Crippen molar-refractivity contribution >= 4 is 0 Å². The summed E-state index contributed by atoms with van der Waals surface area (Å²) in [4.78, 5) is 2.35. The van der Waals surface area contributed by atoms with Crippen molar-refractivity contribution in [3.05, 3.63) is 11.8 Å². The molecular formula is C10H19N. The summed E-state index contributed by atoms with van der Waals surface area (Å²) in [6, 6.07) is 0. The second kappa shape index (κ2) is 2.02. The fraction of sp³-hybridized carbons (Fsp3) is 0.800. The minimum absolute atomic E-state index is 0.261. The first-order valence-corrected chi connectivity index (χ1v) is 4.22. The molecule has 0 radical (unpaired) electrons. The van der Waals surface area contributed by atoms with E-state index in [1.807, 2.05) is 0 Å². The van der Waals surface area contributed by atoms with Crippen molar-refractivity contribution in [3.8, 4) is 0 Å². The normalized spacial score (nSPS) is 27.1. The highest BCUT2D eigenvalue weighted by Gasteiger charge is 2.43. The highest BCUT2D eigenvalue weighted by molar-refractivity contribution is 5.21. The van der Waals surface area contributed by atoms with Crippen LogP contribution < -0.4 is 0 Å². The predicted octanol–water partition coefficient (Wildman–Crippen LogP) is 2.64. The van der Waals surface area contributed by atoms with Gasteiger partial charge in [-0.2, -0.15) is 0 Å². The van der Waals surface area contributed by atoms with Crippen molar-refractivity contribution in [2.45, 2.75) is 40.2 Å². The van der Waals surface area contributed by atoms with Gasteiger partial charge in [-0.3, -0.25) is 0 Å². The zero-order chi connectivity index (χ0) is 8.86. The molecule has 0 aromatic rings. The first-order valence-electron chi connectivity index (χ1n) is 4.22. The highest BCUT2D eigenvalue weighted by Crippen LogP contribution is 2.44. The Balaban J connectivity index is 3.05. The van der Waals surface area contributed by atoms with E-state index < -0.39 is 0 Å². The Hall–Kier alpha value is -0.460. The van der Waals surface area contributed by atoms with Crippen molar-refractivity contribution in [1.29, 1.82) is 0 Å². The number of rotatable bonds is 0. The van der Waals surface area contributed by atoms with Gasteiger partial charge < -0.3 is 4.90 Å². The topological polar surface area (TPSA) is 3.24 Å². The Morgan fingerprint density at radius 3 is 1.73 bits per heavy atom. The molecule has 0 amide bonds. The number of hydrogen-bond acceptors (Lipinski definition) is 1. The van der Waals surface area contributed by atoms with Gasteiger partial charge in [0.25, 0.3) is 0 Å². The third-order valence-corrected chi connectivity index (χ3v) is 3.51. The minimum atomic E-state index is 0.261. The van der Waals surface area contributed by atoms with Gasteiger partial charge in [0, 0.05) is 23.7 Å². The zero-order valence-electron chi connectivity index (χ0n) is 8.52. The maximum Gasteiger partial charge on any atom is 0.0425 e. The number of allylic oxidation sites excluding steroid dienone is 1. The lowest BCUT2D eigenvalue weighted by molar-refractivity contribution is 0.127. The molecule has 0 saturated carbocycles. The first kappa shape index (κ1) is 8.63. The Morgan fingerprint density at radius 2 is 1.64 bits per heavy atom. The van der Waals surface area contributed by atoms with E-state index in [2.05, 4.69) is 52.6 Å². The molecule has 1 nitrogen and oxygen atoms in total. The molecule has 1 aliphatic rings. The molecule has 0 saturated heterocycles. The lowest BCUT2D eigenvalue weighted by atomic mass is 9.76. The van der Waals surface area contributed by atoms with E-state index >= 15 is 0 Å². The largest absolute Gasteiger partial charge is 0.372 e. The van der Waals surface area contributed by atoms with Crippen LogP contribution in [-0.2, 0) is 0 Å². The second-order valence-corrected chi connectivity index (χ2v) is 4.63. The fourth-order valence-electron chi connectivity index (χ4n) is 1.67. The van der Waals surface area contributed by atoms with Gasteiger partial charge in [-0.1, -0.05) is 19.9 Å². The summed E-state index contributed by atoms with van der Waals surface area (Å²) >= 11 is 0. The molecule has 0 atom stereocenters. The van der Waals surface area contributed by atoms with Crippen LogP contribution in [-0.4, -0.2) is 17.5 Å². The zero-order valence-corrected chi connectivity index (χ0v) is 8.52. The van der Waals surface area contributed by atoms with Crippen LogP contribution in [0.2, 0.25) is 0 Å². The first-order chi connectivity index (χ1) is 4.79. The van der Waals surface area contributed by atoms with Crippen LogP contribution >= 0.6 is 0 Å². The van der Waals surface area contributed by atoms with E-state index in [4.69, 9.17) is 0 Å². The van der Waals surface area contributed by atoms with Crippen LogP contribution in [0.25, 0.3) is 0 Å². The van der Waals surface area contributed by atoms with Crippen LogP contribution in [0.1, 0.15) is 34.6 Å². The van der Waals surface area contributed by atoms with E-state index in [9.17, 15) is 0 Å². The number of hydrogen-bond donors (Lipinski definition) is 0. The van der Waals surface area contributed by atoms with Crippen LogP contribution in [0.3, 0.4) is 0 Å². The summed E-state index contributed by atoms with van der Waals surface area (Å²) in [5, 5.41) is 0. The summed E-state index contributed by atoms with van der Waals surface area (Å²) < 4.78 is 0. The van der Waals surface area contributed by atoms with E-state index in [1.165, 1.54) is 5.70 Å². The third kappa shape index (κ3) is 0.979. The van der Waals surface area contributed by atoms with Crippen molar-refractivity contribution in [2.24, 2.45) is 5.41 Å². The van der Waals surface area contributed by atoms with Crippen molar-refractivity contribution in [1.82, 2.24) is 4.90 Å². The third-order valence-electron chi connectivity index (χ3n) is 3.51. The van der Waals surface area contributed by atoms with Crippen LogP contribution in [0.4, 0.5) is 0 Å². The Morgan fingerprint density at radius 1 is 1.18 bits per heavy atom. The maximum atomic E-state index is 2.35. The standard InChI is InChI=1S/C10H19N/c1-8-7-9(2,3)10(4,5)11(8)6/h7H,1-6H3. The molecule has 0 aromatic heterocycles. The summed E-state index contributed by atoms with van der Waals surface area (Å²) in [5.41, 5.74) is 1.95. The molecule has 1 heteroatoms. The maximum absolute atomic E-state index is 2.35. The van der Waals surface area contributed by atoms with Gasteiger partial charge in [0.15, 0.2) is 0 Å². The van der Waals surface area contributed by atoms with Gasteiger partial charge in [-0.05, 0) is 20.8 Å². The molecule has 1 aliphatic heterocycles. The van der Waals surface area contributed by atoms with Gasteiger partial charge in [0.05, 0.1) is 0 Å². The van der Waals surface area contributed by atoms with Gasteiger partial charge in [-0.15, -0.1) is 0 Å². The van der Waals surface area contributed by atoms with Crippen LogP contribution in [0.5, 0.6) is 0 Å². The highest BCUT2D eigenvalue weighted by atomic mass is 15.2. The molecule has 0 bridgehead atoms. The predicted molar refractivity (Wildman–Crippen MR) is 49.4 cm³/mol.